The van der Waals surface area contributed by atoms with Gasteiger partial charge in [0.05, 0.1) is 5.54 Å². The van der Waals surface area contributed by atoms with Crippen molar-refractivity contribution in [1.29, 1.82) is 0 Å². The molecule has 19 heavy (non-hydrogen) atoms. The lowest BCUT2D eigenvalue weighted by atomic mass is 9.66. The first kappa shape index (κ1) is 12.8. The largest absolute Gasteiger partial charge is 0.316 e. The van der Waals surface area contributed by atoms with Crippen LogP contribution < -0.4 is 5.73 Å². The molecule has 1 aromatic heterocycles. The quantitative estimate of drug-likeness (QED) is 0.859. The lowest BCUT2D eigenvalue weighted by molar-refractivity contribution is 0.337. The average Bonchev–Trinajstić information content (AvgIpc) is 2.82. The molecule has 1 atom stereocenters. The van der Waals surface area contributed by atoms with Crippen LogP contribution in [0.3, 0.4) is 0 Å². The van der Waals surface area contributed by atoms with Crippen LogP contribution in [0, 0.1) is 6.92 Å². The van der Waals surface area contributed by atoms with Crippen molar-refractivity contribution in [1.82, 2.24) is 4.98 Å². The lowest BCUT2D eigenvalue weighted by Crippen LogP contribution is -2.45. The van der Waals surface area contributed by atoms with Gasteiger partial charge in [0, 0.05) is 11.1 Å². The maximum absolute atomic E-state index is 6.77. The molecular formula is C16H20N2S. The summed E-state index contributed by atoms with van der Waals surface area (Å²) < 4.78 is 0. The predicted molar refractivity (Wildman–Crippen MR) is 80.5 cm³/mol. The fourth-order valence-corrected chi connectivity index (χ4v) is 3.93. The number of nitrogens with zero attached hydrogens (tertiary/aromatic N) is 1. The minimum absolute atomic E-state index is 0.200. The van der Waals surface area contributed by atoms with E-state index in [4.69, 9.17) is 5.73 Å². The molecule has 0 aliphatic heterocycles. The van der Waals surface area contributed by atoms with E-state index in [9.17, 15) is 0 Å². The van der Waals surface area contributed by atoms with Crippen molar-refractivity contribution in [3.63, 3.8) is 0 Å². The van der Waals surface area contributed by atoms with E-state index < -0.39 is 5.54 Å². The van der Waals surface area contributed by atoms with Crippen molar-refractivity contribution in [2.24, 2.45) is 5.73 Å². The Kier molecular flexibility index (Phi) is 2.80. The van der Waals surface area contributed by atoms with Crippen molar-refractivity contribution < 1.29 is 0 Å². The molecule has 1 aliphatic rings. The predicted octanol–water partition coefficient (Wildman–Crippen LogP) is 3.73. The number of rotatable bonds is 1. The summed E-state index contributed by atoms with van der Waals surface area (Å²) in [5.41, 5.74) is 9.19. The Morgan fingerprint density at radius 3 is 2.47 bits per heavy atom. The molecule has 3 heteroatoms. The minimum Gasteiger partial charge on any atom is -0.316 e. The van der Waals surface area contributed by atoms with Crippen molar-refractivity contribution in [2.45, 2.75) is 44.6 Å². The highest BCUT2D eigenvalue weighted by atomic mass is 32.1. The summed E-state index contributed by atoms with van der Waals surface area (Å²) in [7, 11) is 0. The molecule has 1 heterocycles. The second-order valence-corrected chi connectivity index (χ2v) is 7.41. The van der Waals surface area contributed by atoms with Crippen LogP contribution in [0.15, 0.2) is 30.5 Å². The summed E-state index contributed by atoms with van der Waals surface area (Å²) in [6.07, 6.45) is 3.99. The van der Waals surface area contributed by atoms with Crippen LogP contribution in [0.4, 0.5) is 0 Å². The van der Waals surface area contributed by atoms with Gasteiger partial charge in [-0.25, -0.2) is 4.98 Å². The monoisotopic (exact) mass is 272 g/mol. The maximum Gasteiger partial charge on any atom is 0.117 e. The first-order valence-electron chi connectivity index (χ1n) is 6.75. The van der Waals surface area contributed by atoms with Crippen molar-refractivity contribution in [3.05, 3.63) is 51.5 Å². The van der Waals surface area contributed by atoms with E-state index in [2.05, 4.69) is 50.0 Å². The SMILES string of the molecule is Cc1cnc(C2(N)CCC(C)(C)c3ccccc32)s1. The van der Waals surface area contributed by atoms with Gasteiger partial charge in [0.25, 0.3) is 0 Å². The Morgan fingerprint density at radius 2 is 1.84 bits per heavy atom. The summed E-state index contributed by atoms with van der Waals surface area (Å²) in [5, 5.41) is 1.05. The second-order valence-electron chi connectivity index (χ2n) is 6.18. The molecule has 0 radical (unpaired) electrons. The Balaban J connectivity index is 2.20. The Hall–Kier alpha value is -1.19. The molecule has 100 valence electrons. The van der Waals surface area contributed by atoms with Gasteiger partial charge < -0.3 is 5.73 Å². The molecule has 1 unspecified atom stereocenters. The zero-order chi connectivity index (χ0) is 13.7. The van der Waals surface area contributed by atoms with Gasteiger partial charge in [-0.15, -0.1) is 11.3 Å². The van der Waals surface area contributed by atoms with Crippen LogP contribution in [-0.4, -0.2) is 4.98 Å². The van der Waals surface area contributed by atoms with Crippen LogP contribution in [-0.2, 0) is 11.0 Å². The lowest BCUT2D eigenvalue weighted by Gasteiger charge is -2.42. The van der Waals surface area contributed by atoms with E-state index in [0.717, 1.165) is 17.8 Å². The third-order valence-electron chi connectivity index (χ3n) is 4.28. The van der Waals surface area contributed by atoms with Gasteiger partial charge >= 0.3 is 0 Å². The van der Waals surface area contributed by atoms with Crippen molar-refractivity contribution in [2.75, 3.05) is 0 Å². The van der Waals surface area contributed by atoms with Gasteiger partial charge in [-0.2, -0.15) is 0 Å². The summed E-state index contributed by atoms with van der Waals surface area (Å²) in [4.78, 5) is 5.78. The Bertz CT molecular complexity index is 615. The van der Waals surface area contributed by atoms with Gasteiger partial charge in [0.1, 0.15) is 5.01 Å². The second kappa shape index (κ2) is 4.15. The fraction of sp³-hybridized carbons (Fsp3) is 0.438. The van der Waals surface area contributed by atoms with Crippen LogP contribution in [0.1, 0.15) is 47.7 Å². The Morgan fingerprint density at radius 1 is 1.16 bits per heavy atom. The summed E-state index contributed by atoms with van der Waals surface area (Å²) in [6.45, 7) is 6.69. The van der Waals surface area contributed by atoms with Crippen LogP contribution in [0.5, 0.6) is 0 Å². The normalized spacial score (nSPS) is 25.1. The topological polar surface area (TPSA) is 38.9 Å². The van der Waals surface area contributed by atoms with Gasteiger partial charge in [0.15, 0.2) is 0 Å². The number of fused-ring (bicyclic) bond motifs is 1. The molecule has 3 rings (SSSR count). The molecule has 0 fully saturated rings. The minimum atomic E-state index is -0.412. The molecule has 1 aromatic carbocycles. The van der Waals surface area contributed by atoms with Crippen LogP contribution in [0.25, 0.3) is 0 Å². The highest BCUT2D eigenvalue weighted by molar-refractivity contribution is 7.11. The maximum atomic E-state index is 6.77. The smallest absolute Gasteiger partial charge is 0.117 e. The van der Waals surface area contributed by atoms with Crippen LogP contribution in [0.2, 0.25) is 0 Å². The highest BCUT2D eigenvalue weighted by Gasteiger charge is 2.42. The van der Waals surface area contributed by atoms with E-state index in [1.54, 1.807) is 11.3 Å². The van der Waals surface area contributed by atoms with Gasteiger partial charge in [-0.05, 0) is 36.3 Å². The molecule has 0 bridgehead atoms. The molecule has 2 N–H and O–H groups in total. The van der Waals surface area contributed by atoms with E-state index in [1.165, 1.54) is 16.0 Å². The molecule has 0 saturated heterocycles. The van der Waals surface area contributed by atoms with E-state index in [-0.39, 0.29) is 5.41 Å². The molecule has 0 saturated carbocycles. The van der Waals surface area contributed by atoms with Gasteiger partial charge in [-0.3, -0.25) is 0 Å². The molecule has 0 amide bonds. The number of aryl methyl sites for hydroxylation is 1. The van der Waals surface area contributed by atoms with Gasteiger partial charge in [-0.1, -0.05) is 38.1 Å². The molecule has 2 nitrogen and oxygen atoms in total. The van der Waals surface area contributed by atoms with E-state index >= 15 is 0 Å². The summed E-state index contributed by atoms with van der Waals surface area (Å²) in [5.74, 6) is 0. The standard InChI is InChI=1S/C16H20N2S/c1-11-10-18-14(19-11)16(17)9-8-15(2,3)12-6-4-5-7-13(12)16/h4-7,10H,8-9,17H2,1-3H3. The summed E-state index contributed by atoms with van der Waals surface area (Å²) >= 11 is 1.72. The fourth-order valence-electron chi connectivity index (χ4n) is 3.02. The zero-order valence-corrected chi connectivity index (χ0v) is 12.6. The summed E-state index contributed by atoms with van der Waals surface area (Å²) in [6, 6.07) is 8.59. The zero-order valence-electron chi connectivity index (χ0n) is 11.7. The number of thiazole rings is 1. The average molecular weight is 272 g/mol. The number of aromatic nitrogens is 1. The number of hydrogen-bond donors (Lipinski definition) is 1. The van der Waals surface area contributed by atoms with Crippen LogP contribution >= 0.6 is 11.3 Å². The third kappa shape index (κ3) is 1.92. The Labute approximate surface area is 118 Å². The first-order valence-corrected chi connectivity index (χ1v) is 7.57. The number of nitrogens with two attached hydrogens (primary N) is 1. The highest BCUT2D eigenvalue weighted by Crippen LogP contribution is 2.46. The number of benzene rings is 1. The molecule has 0 spiro atoms. The molecular weight excluding hydrogens is 252 g/mol. The van der Waals surface area contributed by atoms with Crippen molar-refractivity contribution >= 4 is 11.3 Å². The molecule has 1 aliphatic carbocycles. The van der Waals surface area contributed by atoms with E-state index in [1.807, 2.05) is 6.20 Å². The van der Waals surface area contributed by atoms with E-state index in [0.29, 0.717) is 0 Å². The van der Waals surface area contributed by atoms with Gasteiger partial charge in [0.2, 0.25) is 0 Å². The van der Waals surface area contributed by atoms with Crippen molar-refractivity contribution in [3.8, 4) is 0 Å². The number of hydrogen-bond acceptors (Lipinski definition) is 3. The molecule has 2 aromatic rings. The third-order valence-corrected chi connectivity index (χ3v) is 5.37. The first-order chi connectivity index (χ1) is 8.93.